The summed E-state index contributed by atoms with van der Waals surface area (Å²) in [6, 6.07) is 5.01. The molecule has 0 amide bonds. The number of nitrogens with zero attached hydrogens (tertiary/aromatic N) is 2. The summed E-state index contributed by atoms with van der Waals surface area (Å²) in [5, 5.41) is 14.0. The molecule has 1 aliphatic carbocycles. The van der Waals surface area contributed by atoms with Crippen molar-refractivity contribution in [2.45, 2.75) is 63.8 Å². The van der Waals surface area contributed by atoms with Gasteiger partial charge in [0.25, 0.3) is 5.69 Å². The molecule has 0 bridgehead atoms. The minimum Gasteiger partial charge on any atom is -0.489 e. The quantitative estimate of drug-likeness (QED) is 0.452. The summed E-state index contributed by atoms with van der Waals surface area (Å²) in [6.07, 6.45) is 3.71. The summed E-state index contributed by atoms with van der Waals surface area (Å²) >= 11 is 0. The van der Waals surface area contributed by atoms with Crippen LogP contribution in [-0.2, 0) is 12.6 Å². The summed E-state index contributed by atoms with van der Waals surface area (Å²) in [7, 11) is 0. The Kier molecular flexibility index (Phi) is 6.79. The first-order valence-electron chi connectivity index (χ1n) is 9.99. The molecular weight excluding hydrogens is 399 g/mol. The number of nitrogens with one attached hydrogen (secondary N) is 1. The first-order valence-corrected chi connectivity index (χ1v) is 9.99. The van der Waals surface area contributed by atoms with E-state index in [-0.39, 0.29) is 17.8 Å². The summed E-state index contributed by atoms with van der Waals surface area (Å²) < 4.78 is 45.5. The molecule has 1 N–H and O–H groups in total. The maximum atomic E-state index is 13.1. The molecule has 3 rings (SSSR count). The molecule has 0 unspecified atom stereocenters. The van der Waals surface area contributed by atoms with Gasteiger partial charge >= 0.3 is 6.18 Å². The van der Waals surface area contributed by atoms with Gasteiger partial charge in [-0.3, -0.25) is 15.1 Å². The summed E-state index contributed by atoms with van der Waals surface area (Å²) in [6.45, 7) is 2.10. The number of halogens is 3. The topological polar surface area (TPSA) is 77.3 Å². The predicted molar refractivity (Wildman–Crippen MR) is 107 cm³/mol. The van der Waals surface area contributed by atoms with Gasteiger partial charge in [0.1, 0.15) is 11.3 Å². The van der Waals surface area contributed by atoms with E-state index in [0.717, 1.165) is 62.0 Å². The van der Waals surface area contributed by atoms with E-state index < -0.39 is 22.4 Å². The first-order chi connectivity index (χ1) is 14.3. The number of hydrogen-bond donors (Lipinski definition) is 1. The van der Waals surface area contributed by atoms with Crippen molar-refractivity contribution in [3.05, 3.63) is 57.9 Å². The lowest BCUT2D eigenvalue weighted by Gasteiger charge is -2.30. The molecule has 1 fully saturated rings. The molecular formula is C21H24F3N3O3. The normalized spacial score (nSPS) is 19.3. The summed E-state index contributed by atoms with van der Waals surface area (Å²) in [5.74, 6) is 0.738. The molecule has 0 aliphatic heterocycles. The number of rotatable bonds is 7. The van der Waals surface area contributed by atoms with Gasteiger partial charge in [0, 0.05) is 24.0 Å². The number of nitro groups is 1. The van der Waals surface area contributed by atoms with E-state index in [9.17, 15) is 23.3 Å². The van der Waals surface area contributed by atoms with Crippen molar-refractivity contribution in [3.8, 4) is 5.75 Å². The fourth-order valence-corrected chi connectivity index (χ4v) is 3.72. The standard InChI is InChI=1S/C21H24F3N3O3/c1-2-3-14-10-18(13-25-12-14)30-17-7-4-15(5-8-17)26-16-6-9-20(27(28)29)19(11-16)21(22,23)24/h6,9-13,15,17,26H,2-5,7-8H2,1H3. The van der Waals surface area contributed by atoms with Gasteiger partial charge in [0.15, 0.2) is 0 Å². The number of aromatic nitrogens is 1. The number of hydrogen-bond acceptors (Lipinski definition) is 5. The van der Waals surface area contributed by atoms with Crippen LogP contribution in [0.4, 0.5) is 24.5 Å². The Balaban J connectivity index is 1.58. The lowest BCUT2D eigenvalue weighted by molar-refractivity contribution is -0.388. The van der Waals surface area contributed by atoms with Gasteiger partial charge in [0.05, 0.1) is 17.2 Å². The highest BCUT2D eigenvalue weighted by Crippen LogP contribution is 2.38. The van der Waals surface area contributed by atoms with Crippen molar-refractivity contribution >= 4 is 11.4 Å². The van der Waals surface area contributed by atoms with Crippen molar-refractivity contribution in [1.29, 1.82) is 0 Å². The molecule has 0 atom stereocenters. The molecule has 6 nitrogen and oxygen atoms in total. The van der Waals surface area contributed by atoms with Crippen molar-refractivity contribution in [3.63, 3.8) is 0 Å². The number of anilines is 1. The maximum absolute atomic E-state index is 13.1. The number of aryl methyl sites for hydroxylation is 1. The van der Waals surface area contributed by atoms with Gasteiger partial charge in [0.2, 0.25) is 0 Å². The number of ether oxygens (including phenoxy) is 1. The highest BCUT2D eigenvalue weighted by molar-refractivity contribution is 5.55. The summed E-state index contributed by atoms with van der Waals surface area (Å²) in [5.41, 5.74) is -0.823. The van der Waals surface area contributed by atoms with Crippen LogP contribution >= 0.6 is 0 Å². The van der Waals surface area contributed by atoms with E-state index in [0.29, 0.717) is 0 Å². The SMILES string of the molecule is CCCc1cncc(OC2CCC(Nc3ccc([N+](=O)[O-])c(C(F)(F)F)c3)CC2)c1. The van der Waals surface area contributed by atoms with E-state index >= 15 is 0 Å². The molecule has 1 aliphatic rings. The molecule has 1 aromatic carbocycles. The molecule has 0 radical (unpaired) electrons. The largest absolute Gasteiger partial charge is 0.489 e. The van der Waals surface area contributed by atoms with Crippen LogP contribution < -0.4 is 10.1 Å². The van der Waals surface area contributed by atoms with E-state index in [1.807, 2.05) is 12.3 Å². The van der Waals surface area contributed by atoms with Crippen LogP contribution in [0.5, 0.6) is 5.75 Å². The Morgan fingerprint density at radius 1 is 1.20 bits per heavy atom. The Bertz CT molecular complexity index is 881. The van der Waals surface area contributed by atoms with Crippen LogP contribution in [0.2, 0.25) is 0 Å². The third-order valence-corrected chi connectivity index (χ3v) is 5.15. The van der Waals surface area contributed by atoms with Crippen LogP contribution in [0.15, 0.2) is 36.7 Å². The zero-order chi connectivity index (χ0) is 21.7. The van der Waals surface area contributed by atoms with Gasteiger partial charge in [-0.25, -0.2) is 0 Å². The Morgan fingerprint density at radius 2 is 1.93 bits per heavy atom. The van der Waals surface area contributed by atoms with Crippen LogP contribution in [0.25, 0.3) is 0 Å². The minimum atomic E-state index is -4.79. The fraction of sp³-hybridized carbons (Fsp3) is 0.476. The van der Waals surface area contributed by atoms with Gasteiger partial charge in [-0.05, 0) is 55.9 Å². The van der Waals surface area contributed by atoms with Crippen molar-refractivity contribution in [1.82, 2.24) is 4.98 Å². The molecule has 162 valence electrons. The molecule has 0 spiro atoms. The molecule has 30 heavy (non-hydrogen) atoms. The average Bonchev–Trinajstić information content (AvgIpc) is 2.69. The van der Waals surface area contributed by atoms with E-state index in [1.165, 1.54) is 6.07 Å². The number of pyridine rings is 1. The van der Waals surface area contributed by atoms with Crippen molar-refractivity contribution < 1.29 is 22.8 Å². The average molecular weight is 423 g/mol. The van der Waals surface area contributed by atoms with Crippen LogP contribution in [0.3, 0.4) is 0 Å². The minimum absolute atomic E-state index is 0.0167. The van der Waals surface area contributed by atoms with Gasteiger partial charge in [-0.2, -0.15) is 13.2 Å². The van der Waals surface area contributed by atoms with Crippen LogP contribution in [-0.4, -0.2) is 22.1 Å². The molecule has 0 saturated heterocycles. The van der Waals surface area contributed by atoms with Crippen molar-refractivity contribution in [2.24, 2.45) is 0 Å². The van der Waals surface area contributed by atoms with E-state index in [1.54, 1.807) is 6.20 Å². The molecule has 1 heterocycles. The second-order valence-corrected chi connectivity index (χ2v) is 7.50. The lowest BCUT2D eigenvalue weighted by Crippen LogP contribution is -2.31. The second kappa shape index (κ2) is 9.32. The maximum Gasteiger partial charge on any atom is 0.423 e. The molecule has 2 aromatic rings. The zero-order valence-corrected chi connectivity index (χ0v) is 16.6. The van der Waals surface area contributed by atoms with Crippen LogP contribution in [0, 0.1) is 10.1 Å². The van der Waals surface area contributed by atoms with Crippen molar-refractivity contribution in [2.75, 3.05) is 5.32 Å². The lowest BCUT2D eigenvalue weighted by atomic mass is 9.92. The number of alkyl halides is 3. The number of nitro benzene ring substituents is 1. The Hall–Kier alpha value is -2.84. The predicted octanol–water partition coefficient (Wildman–Crippen LogP) is 5.76. The number of benzene rings is 1. The third kappa shape index (κ3) is 5.61. The van der Waals surface area contributed by atoms with Gasteiger partial charge in [-0.1, -0.05) is 13.3 Å². The highest BCUT2D eigenvalue weighted by atomic mass is 19.4. The van der Waals surface area contributed by atoms with E-state index in [2.05, 4.69) is 17.2 Å². The Labute approximate surface area is 172 Å². The molecule has 9 heteroatoms. The third-order valence-electron chi connectivity index (χ3n) is 5.15. The van der Waals surface area contributed by atoms with Crippen LogP contribution in [0.1, 0.15) is 50.2 Å². The van der Waals surface area contributed by atoms with Gasteiger partial charge < -0.3 is 10.1 Å². The first kappa shape index (κ1) is 21.9. The van der Waals surface area contributed by atoms with E-state index in [4.69, 9.17) is 4.74 Å². The smallest absolute Gasteiger partial charge is 0.423 e. The fourth-order valence-electron chi connectivity index (χ4n) is 3.72. The zero-order valence-electron chi connectivity index (χ0n) is 16.6. The second-order valence-electron chi connectivity index (χ2n) is 7.50. The molecule has 1 saturated carbocycles. The highest BCUT2D eigenvalue weighted by Gasteiger charge is 2.38. The summed E-state index contributed by atoms with van der Waals surface area (Å²) in [4.78, 5) is 14.1. The molecule has 1 aromatic heterocycles. The van der Waals surface area contributed by atoms with Gasteiger partial charge in [-0.15, -0.1) is 0 Å². The Morgan fingerprint density at radius 3 is 2.57 bits per heavy atom. The monoisotopic (exact) mass is 423 g/mol.